The largest absolute Gasteiger partial charge is 0.496 e. The van der Waals surface area contributed by atoms with Crippen LogP contribution < -0.4 is 14.8 Å². The molecule has 0 aromatic heterocycles. The van der Waals surface area contributed by atoms with Crippen molar-refractivity contribution in [1.82, 2.24) is 5.32 Å². The maximum atomic E-state index is 12.2. The summed E-state index contributed by atoms with van der Waals surface area (Å²) in [6, 6.07) is 13.1. The number of hydrogen-bond donors (Lipinski definition) is 1. The molecule has 4 nitrogen and oxygen atoms in total. The first kappa shape index (κ1) is 15.9. The van der Waals surface area contributed by atoms with E-state index in [1.165, 1.54) is 0 Å². The van der Waals surface area contributed by atoms with Gasteiger partial charge in [0.1, 0.15) is 11.5 Å². The lowest BCUT2D eigenvalue weighted by Gasteiger charge is -2.09. The minimum atomic E-state index is -0.104. The van der Waals surface area contributed by atoms with Crippen LogP contribution in [0.4, 0.5) is 0 Å². The number of nitrogens with one attached hydrogen (secondary N) is 1. The summed E-state index contributed by atoms with van der Waals surface area (Å²) < 4.78 is 10.7. The fraction of sp³-hybridized carbons (Fsp3) is 0.278. The van der Waals surface area contributed by atoms with Crippen LogP contribution in [0.15, 0.2) is 42.5 Å². The van der Waals surface area contributed by atoms with E-state index in [1.807, 2.05) is 44.2 Å². The lowest BCUT2D eigenvalue weighted by Crippen LogP contribution is -2.22. The third-order valence-corrected chi connectivity index (χ3v) is 3.32. The number of carbonyl (C=O) groups excluding carboxylic acids is 1. The van der Waals surface area contributed by atoms with Crippen molar-refractivity contribution >= 4 is 5.91 Å². The molecule has 0 saturated heterocycles. The van der Waals surface area contributed by atoms with E-state index in [-0.39, 0.29) is 5.91 Å². The number of rotatable bonds is 6. The molecule has 0 fully saturated rings. The number of benzene rings is 2. The van der Waals surface area contributed by atoms with Crippen molar-refractivity contribution in [3.8, 4) is 11.5 Å². The summed E-state index contributed by atoms with van der Waals surface area (Å²) in [7, 11) is 1.62. The Labute approximate surface area is 131 Å². The van der Waals surface area contributed by atoms with Gasteiger partial charge in [0.05, 0.1) is 13.7 Å². The molecule has 0 atom stereocenters. The van der Waals surface area contributed by atoms with Gasteiger partial charge in [-0.1, -0.05) is 12.1 Å². The van der Waals surface area contributed by atoms with Crippen molar-refractivity contribution in [2.45, 2.75) is 20.4 Å². The molecule has 4 heteroatoms. The number of hydrogen-bond acceptors (Lipinski definition) is 3. The number of amides is 1. The van der Waals surface area contributed by atoms with E-state index in [9.17, 15) is 4.79 Å². The fourth-order valence-electron chi connectivity index (χ4n) is 2.22. The highest BCUT2D eigenvalue weighted by molar-refractivity contribution is 5.94. The first-order valence-electron chi connectivity index (χ1n) is 7.28. The Morgan fingerprint density at radius 2 is 2.00 bits per heavy atom. The molecule has 22 heavy (non-hydrogen) atoms. The average Bonchev–Trinajstić information content (AvgIpc) is 2.53. The van der Waals surface area contributed by atoms with Gasteiger partial charge in [0.15, 0.2) is 0 Å². The third kappa shape index (κ3) is 4.01. The summed E-state index contributed by atoms with van der Waals surface area (Å²) in [5.41, 5.74) is 2.57. The van der Waals surface area contributed by atoms with E-state index in [2.05, 4.69) is 5.32 Å². The zero-order valence-corrected chi connectivity index (χ0v) is 13.2. The summed E-state index contributed by atoms with van der Waals surface area (Å²) in [5.74, 6) is 1.49. The fourth-order valence-corrected chi connectivity index (χ4v) is 2.22. The maximum Gasteiger partial charge on any atom is 0.251 e. The molecule has 1 amide bonds. The third-order valence-electron chi connectivity index (χ3n) is 3.32. The van der Waals surface area contributed by atoms with Gasteiger partial charge in [-0.05, 0) is 55.3 Å². The van der Waals surface area contributed by atoms with Crippen molar-refractivity contribution in [3.63, 3.8) is 0 Å². The summed E-state index contributed by atoms with van der Waals surface area (Å²) in [5, 5.41) is 2.91. The standard InChI is InChI=1S/C18H21NO3/c1-4-22-16-7-5-6-14(11-16)12-19-18(20)15-8-9-17(21-3)13(2)10-15/h5-11H,4,12H2,1-3H3,(H,19,20). The molecule has 1 N–H and O–H groups in total. The van der Waals surface area contributed by atoms with E-state index in [1.54, 1.807) is 19.2 Å². The molecule has 0 aliphatic heterocycles. The Hall–Kier alpha value is -2.49. The van der Waals surface area contributed by atoms with E-state index in [4.69, 9.17) is 9.47 Å². The van der Waals surface area contributed by atoms with Crippen LogP contribution in [0.5, 0.6) is 11.5 Å². The van der Waals surface area contributed by atoms with Crippen LogP contribution >= 0.6 is 0 Å². The first-order chi connectivity index (χ1) is 10.6. The van der Waals surface area contributed by atoms with Gasteiger partial charge in [0.25, 0.3) is 5.91 Å². The van der Waals surface area contributed by atoms with Crippen LogP contribution in [0, 0.1) is 6.92 Å². The van der Waals surface area contributed by atoms with E-state index in [0.717, 1.165) is 22.6 Å². The minimum absolute atomic E-state index is 0.104. The second-order valence-electron chi connectivity index (χ2n) is 4.95. The monoisotopic (exact) mass is 299 g/mol. The molecule has 0 bridgehead atoms. The molecule has 0 radical (unpaired) electrons. The quantitative estimate of drug-likeness (QED) is 0.890. The molecule has 2 aromatic carbocycles. The van der Waals surface area contributed by atoms with Gasteiger partial charge in [-0.2, -0.15) is 0 Å². The van der Waals surface area contributed by atoms with Crippen LogP contribution in [0.3, 0.4) is 0 Å². The minimum Gasteiger partial charge on any atom is -0.496 e. The second-order valence-corrected chi connectivity index (χ2v) is 4.95. The Kier molecular flexibility index (Phi) is 5.42. The molecular formula is C18H21NO3. The van der Waals surface area contributed by atoms with Crippen molar-refractivity contribution in [3.05, 3.63) is 59.2 Å². The predicted molar refractivity (Wildman–Crippen MR) is 86.5 cm³/mol. The molecule has 0 unspecified atom stereocenters. The van der Waals surface area contributed by atoms with Gasteiger partial charge < -0.3 is 14.8 Å². The van der Waals surface area contributed by atoms with Crippen LogP contribution in [0.2, 0.25) is 0 Å². The van der Waals surface area contributed by atoms with E-state index >= 15 is 0 Å². The van der Waals surface area contributed by atoms with Crippen LogP contribution in [0.25, 0.3) is 0 Å². The molecule has 0 saturated carbocycles. The highest BCUT2D eigenvalue weighted by Crippen LogP contribution is 2.18. The van der Waals surface area contributed by atoms with Gasteiger partial charge in [-0.25, -0.2) is 0 Å². The molecule has 0 heterocycles. The number of aryl methyl sites for hydroxylation is 1. The molecule has 0 spiro atoms. The van der Waals surface area contributed by atoms with Crippen LogP contribution in [-0.2, 0) is 6.54 Å². The smallest absolute Gasteiger partial charge is 0.251 e. The van der Waals surface area contributed by atoms with Crippen molar-refractivity contribution < 1.29 is 14.3 Å². The molecule has 0 aliphatic carbocycles. The summed E-state index contributed by atoms with van der Waals surface area (Å²) in [6.07, 6.45) is 0. The highest BCUT2D eigenvalue weighted by atomic mass is 16.5. The number of ether oxygens (including phenoxy) is 2. The summed E-state index contributed by atoms with van der Waals surface area (Å²) in [6.45, 7) is 4.95. The lowest BCUT2D eigenvalue weighted by molar-refractivity contribution is 0.0950. The average molecular weight is 299 g/mol. The Bertz CT molecular complexity index is 653. The van der Waals surface area contributed by atoms with Crippen LogP contribution in [-0.4, -0.2) is 19.6 Å². The van der Waals surface area contributed by atoms with Crippen molar-refractivity contribution in [1.29, 1.82) is 0 Å². The van der Waals surface area contributed by atoms with Gasteiger partial charge in [0, 0.05) is 12.1 Å². The maximum absolute atomic E-state index is 12.2. The molecular weight excluding hydrogens is 278 g/mol. The Balaban J connectivity index is 2.00. The van der Waals surface area contributed by atoms with Gasteiger partial charge in [-0.15, -0.1) is 0 Å². The second kappa shape index (κ2) is 7.50. The predicted octanol–water partition coefficient (Wildman–Crippen LogP) is 3.33. The Morgan fingerprint density at radius 3 is 2.68 bits per heavy atom. The van der Waals surface area contributed by atoms with Crippen molar-refractivity contribution in [2.24, 2.45) is 0 Å². The summed E-state index contributed by atoms with van der Waals surface area (Å²) >= 11 is 0. The highest BCUT2D eigenvalue weighted by Gasteiger charge is 2.08. The van der Waals surface area contributed by atoms with Gasteiger partial charge >= 0.3 is 0 Å². The van der Waals surface area contributed by atoms with Gasteiger partial charge in [-0.3, -0.25) is 4.79 Å². The van der Waals surface area contributed by atoms with Crippen LogP contribution in [0.1, 0.15) is 28.4 Å². The Morgan fingerprint density at radius 1 is 1.18 bits per heavy atom. The van der Waals surface area contributed by atoms with Gasteiger partial charge in [0.2, 0.25) is 0 Å². The number of carbonyl (C=O) groups is 1. The zero-order chi connectivity index (χ0) is 15.9. The van der Waals surface area contributed by atoms with Crippen molar-refractivity contribution in [2.75, 3.05) is 13.7 Å². The normalized spacial score (nSPS) is 10.1. The topological polar surface area (TPSA) is 47.6 Å². The first-order valence-corrected chi connectivity index (χ1v) is 7.28. The van der Waals surface area contributed by atoms with E-state index in [0.29, 0.717) is 18.7 Å². The number of methoxy groups -OCH3 is 1. The zero-order valence-electron chi connectivity index (χ0n) is 13.2. The molecule has 116 valence electrons. The SMILES string of the molecule is CCOc1cccc(CNC(=O)c2ccc(OC)c(C)c2)c1. The molecule has 0 aliphatic rings. The lowest BCUT2D eigenvalue weighted by atomic mass is 10.1. The summed E-state index contributed by atoms with van der Waals surface area (Å²) in [4.78, 5) is 12.2. The molecule has 2 aromatic rings. The molecule has 2 rings (SSSR count). The van der Waals surface area contributed by atoms with E-state index < -0.39 is 0 Å².